The van der Waals surface area contributed by atoms with Crippen molar-refractivity contribution in [3.05, 3.63) is 75.8 Å². The van der Waals surface area contributed by atoms with Gasteiger partial charge in [0, 0.05) is 20.7 Å². The molecular weight excluding hydrogens is 582 g/mol. The summed E-state index contributed by atoms with van der Waals surface area (Å²) in [6.45, 7) is 8.07. The number of benzene rings is 2. The Hall–Kier alpha value is -2.36. The molecule has 0 radical (unpaired) electrons. The van der Waals surface area contributed by atoms with E-state index in [0.717, 1.165) is 17.8 Å². The van der Waals surface area contributed by atoms with Crippen LogP contribution in [0.1, 0.15) is 22.8 Å². The first kappa shape index (κ1) is 34.1. The monoisotopic (exact) mass is 623 g/mol. The number of para-hydroxylation sites is 1. The van der Waals surface area contributed by atoms with Crippen molar-refractivity contribution >= 4 is 31.5 Å². The van der Waals surface area contributed by atoms with Gasteiger partial charge in [-0.05, 0) is 37.4 Å². The number of hydrogen-bond donors (Lipinski definition) is 2. The molecule has 0 amide bonds. The highest BCUT2D eigenvalue weighted by Gasteiger charge is 2.59. The van der Waals surface area contributed by atoms with Crippen molar-refractivity contribution in [2.45, 2.75) is 74.7 Å². The largest absolute Gasteiger partial charge is 0.459 e. The predicted octanol–water partition coefficient (Wildman–Crippen LogP) is 4.23. The normalized spacial score (nSPS) is 25.1. The molecule has 1 aliphatic heterocycles. The molecule has 0 unspecified atom stereocenters. The van der Waals surface area contributed by atoms with Gasteiger partial charge in [-0.25, -0.2) is 4.79 Å². The lowest BCUT2D eigenvalue weighted by atomic mass is 9.84. The van der Waals surface area contributed by atoms with Crippen LogP contribution < -0.4 is 0 Å². The second kappa shape index (κ2) is 15.4. The van der Waals surface area contributed by atoms with Crippen molar-refractivity contribution in [3.63, 3.8) is 0 Å². The smallest absolute Gasteiger partial charge is 0.338 e. The summed E-state index contributed by atoms with van der Waals surface area (Å²) >= 11 is 1.16. The topological polar surface area (TPSA) is 147 Å². The second-order valence-electron chi connectivity index (χ2n) is 11.3. The summed E-state index contributed by atoms with van der Waals surface area (Å²) in [5.41, 5.74) is 0.549. The molecule has 1 heterocycles. The number of carbonyl (C=O) groups excluding carboxylic acids is 1. The Morgan fingerprint density at radius 1 is 1.14 bits per heavy atom. The Labute approximate surface area is 251 Å². The minimum absolute atomic E-state index is 0.108. The zero-order chi connectivity index (χ0) is 30.9. The van der Waals surface area contributed by atoms with Gasteiger partial charge in [-0.2, -0.15) is 11.8 Å². The van der Waals surface area contributed by atoms with E-state index >= 15 is 0 Å². The van der Waals surface area contributed by atoms with Gasteiger partial charge in [0.15, 0.2) is 6.29 Å². The average molecular weight is 624 g/mol. The Morgan fingerprint density at radius 3 is 2.45 bits per heavy atom. The predicted molar refractivity (Wildman–Crippen MR) is 161 cm³/mol. The minimum Gasteiger partial charge on any atom is -0.459 e. The first-order chi connectivity index (χ1) is 19.9. The van der Waals surface area contributed by atoms with E-state index in [9.17, 15) is 25.1 Å². The lowest BCUT2D eigenvalue weighted by Crippen LogP contribution is -2.69. The lowest BCUT2D eigenvalue weighted by Gasteiger charge is -2.52. The number of esters is 1. The van der Waals surface area contributed by atoms with Gasteiger partial charge in [0.1, 0.15) is 31.7 Å². The maximum Gasteiger partial charge on any atom is 0.338 e. The van der Waals surface area contributed by atoms with Gasteiger partial charge in [0.05, 0.1) is 33.5 Å². The van der Waals surface area contributed by atoms with Crippen molar-refractivity contribution in [1.29, 1.82) is 0 Å². The quantitative estimate of drug-likeness (QED) is 0.0733. The van der Waals surface area contributed by atoms with Crippen molar-refractivity contribution in [3.8, 4) is 0 Å². The molecule has 11 nitrogen and oxygen atoms in total. The molecule has 42 heavy (non-hydrogen) atoms. The molecule has 3 rings (SSSR count). The fourth-order valence-corrected chi connectivity index (χ4v) is 6.57. The summed E-state index contributed by atoms with van der Waals surface area (Å²) in [6, 6.07) is 15.5. The molecule has 0 spiro atoms. The fourth-order valence-electron chi connectivity index (χ4n) is 4.71. The van der Waals surface area contributed by atoms with Crippen LogP contribution in [0.2, 0.25) is 25.7 Å². The van der Waals surface area contributed by atoms with Crippen LogP contribution in [0.15, 0.2) is 54.6 Å². The highest BCUT2D eigenvalue weighted by Crippen LogP contribution is 2.44. The fraction of sp³-hybridized carbons (Fsp3) is 0.552. The van der Waals surface area contributed by atoms with Crippen LogP contribution in [0.4, 0.5) is 5.69 Å². The highest BCUT2D eigenvalue weighted by atomic mass is 32.2. The molecule has 232 valence electrons. The molecular formula is C29H41NO10SSi. The zero-order valence-electron chi connectivity index (χ0n) is 24.6. The van der Waals surface area contributed by atoms with Crippen molar-refractivity contribution < 1.29 is 43.6 Å². The number of nitro benzene ring substituents is 1. The Kier molecular flexibility index (Phi) is 12.5. The van der Waals surface area contributed by atoms with Gasteiger partial charge >= 0.3 is 5.97 Å². The molecule has 6 atom stereocenters. The molecule has 1 fully saturated rings. The van der Waals surface area contributed by atoms with Gasteiger partial charge in [-0.1, -0.05) is 50.0 Å². The zero-order valence-corrected chi connectivity index (χ0v) is 26.5. The molecule has 1 aliphatic rings. The van der Waals surface area contributed by atoms with E-state index in [2.05, 4.69) is 19.6 Å². The van der Waals surface area contributed by atoms with Gasteiger partial charge in [0.2, 0.25) is 0 Å². The summed E-state index contributed by atoms with van der Waals surface area (Å²) in [7, 11) is -1.35. The number of thioether (sulfide) groups is 1. The van der Waals surface area contributed by atoms with Crippen LogP contribution in [0.25, 0.3) is 0 Å². The number of carbonyl (C=O) groups is 1. The maximum atomic E-state index is 12.5. The number of nitro groups is 1. The third-order valence-corrected chi connectivity index (χ3v) is 10.5. The molecule has 13 heteroatoms. The Balaban J connectivity index is 1.78. The first-order valence-corrected chi connectivity index (χ1v) is 18.7. The first-order valence-electron chi connectivity index (χ1n) is 13.7. The van der Waals surface area contributed by atoms with E-state index in [1.165, 1.54) is 6.07 Å². The third kappa shape index (κ3) is 8.60. The van der Waals surface area contributed by atoms with E-state index in [0.29, 0.717) is 17.7 Å². The average Bonchev–Trinajstić information content (AvgIpc) is 2.96. The van der Waals surface area contributed by atoms with Crippen molar-refractivity contribution in [1.82, 2.24) is 0 Å². The van der Waals surface area contributed by atoms with Crippen LogP contribution in [-0.4, -0.2) is 90.9 Å². The van der Waals surface area contributed by atoms with Crippen LogP contribution in [0.3, 0.4) is 0 Å². The van der Waals surface area contributed by atoms with Gasteiger partial charge in [0.25, 0.3) is 5.69 Å². The Bertz CT molecular complexity index is 1170. The van der Waals surface area contributed by atoms with Gasteiger partial charge in [-0.15, -0.1) is 0 Å². The summed E-state index contributed by atoms with van der Waals surface area (Å²) in [5, 5.41) is 34.6. The number of rotatable bonds is 15. The molecule has 1 saturated heterocycles. The van der Waals surface area contributed by atoms with Crippen molar-refractivity contribution in [2.24, 2.45) is 0 Å². The minimum atomic E-state index is -1.38. The molecule has 0 aliphatic carbocycles. The summed E-state index contributed by atoms with van der Waals surface area (Å²) in [6.07, 6.45) is -4.09. The Morgan fingerprint density at radius 2 is 1.81 bits per heavy atom. The third-order valence-electron chi connectivity index (χ3n) is 7.20. The standard InChI is InChI=1S/C29H41NO10SSi/c1-20-29(41-2,24(31)18-37-27(33)21-11-7-6-8-12-21)26(32)25(39-19-36-15-16-42(3,4)5)28(40-20)38-17-22-13-9-10-14-23(22)30(34)35/h6-14,20,24-26,28,31-32H,15-19H2,1-5H3/t20-,24-,25-,26-,28-,29-/m1/s1. The second-order valence-corrected chi connectivity index (χ2v) is 18.0. The summed E-state index contributed by atoms with van der Waals surface area (Å²) in [4.78, 5) is 23.5. The number of nitrogens with zero attached hydrogens (tertiary/aromatic N) is 1. The molecule has 2 aromatic rings. The molecule has 0 bridgehead atoms. The molecule has 2 aromatic carbocycles. The molecule has 0 saturated carbocycles. The van der Waals surface area contributed by atoms with Gasteiger partial charge in [-0.3, -0.25) is 10.1 Å². The number of aliphatic hydroxyl groups excluding tert-OH is 2. The van der Waals surface area contributed by atoms with E-state index in [4.69, 9.17) is 23.7 Å². The van der Waals surface area contributed by atoms with Crippen LogP contribution in [0.5, 0.6) is 0 Å². The van der Waals surface area contributed by atoms with E-state index in [1.807, 2.05) is 0 Å². The van der Waals surface area contributed by atoms with Crippen LogP contribution >= 0.6 is 11.8 Å². The van der Waals surface area contributed by atoms with E-state index < -0.39 is 61.0 Å². The number of aliphatic hydroxyl groups is 2. The highest BCUT2D eigenvalue weighted by molar-refractivity contribution is 8.00. The summed E-state index contributed by atoms with van der Waals surface area (Å²) < 4.78 is 27.8. The van der Waals surface area contributed by atoms with E-state index in [1.54, 1.807) is 61.7 Å². The van der Waals surface area contributed by atoms with Gasteiger partial charge < -0.3 is 33.9 Å². The molecule has 2 N–H and O–H groups in total. The SMILES string of the molecule is CS[C@]1([C@H](O)COC(=O)c2ccccc2)[C@H](O)[C@@H](OCOCC[Si](C)(C)C)[C@H](OCc2ccccc2[N+](=O)[O-])O[C@@H]1C. The van der Waals surface area contributed by atoms with Crippen molar-refractivity contribution in [2.75, 3.05) is 26.3 Å². The van der Waals surface area contributed by atoms with E-state index in [-0.39, 0.29) is 19.1 Å². The van der Waals surface area contributed by atoms with Crippen LogP contribution in [0, 0.1) is 10.1 Å². The van der Waals surface area contributed by atoms with Crippen LogP contribution in [-0.2, 0) is 30.3 Å². The molecule has 0 aromatic heterocycles. The number of hydrogen-bond acceptors (Lipinski definition) is 11. The maximum absolute atomic E-state index is 12.5. The lowest BCUT2D eigenvalue weighted by molar-refractivity contribution is -0.386. The number of ether oxygens (including phenoxy) is 5. The summed E-state index contributed by atoms with van der Waals surface area (Å²) in [5.74, 6) is -0.612.